The number of ether oxygens (including phenoxy) is 3. The maximum atomic E-state index is 13.2. The lowest BCUT2D eigenvalue weighted by Crippen LogP contribution is -2.48. The Bertz CT molecular complexity index is 2080. The summed E-state index contributed by atoms with van der Waals surface area (Å²) in [4.78, 5) is 37.1. The van der Waals surface area contributed by atoms with Gasteiger partial charge in [-0.15, -0.1) is 0 Å². The molecule has 5 aromatic rings. The first-order valence-electron chi connectivity index (χ1n) is 18.7. The number of aliphatic hydroxyl groups is 1. The van der Waals surface area contributed by atoms with Gasteiger partial charge in [-0.05, 0) is 86.2 Å². The van der Waals surface area contributed by atoms with Gasteiger partial charge in [0.1, 0.15) is 17.3 Å². The van der Waals surface area contributed by atoms with E-state index in [1.54, 1.807) is 0 Å². The Morgan fingerprint density at radius 1 is 0.889 bits per heavy atom. The summed E-state index contributed by atoms with van der Waals surface area (Å²) in [5, 5.41) is 12.6. The Morgan fingerprint density at radius 2 is 1.63 bits per heavy atom. The van der Waals surface area contributed by atoms with E-state index in [1.807, 2.05) is 99.6 Å². The average molecular weight is 729 g/mol. The van der Waals surface area contributed by atoms with Crippen molar-refractivity contribution >= 4 is 22.9 Å². The molecule has 2 fully saturated rings. The molecule has 2 N–H and O–H groups in total. The standard InChI is InChI=1S/C44H48N4O6/c1-28-39(26-48-22-8-13-38(48)42(51)54-44(2,3)4)52-43(53-40(28)32-16-14-29(27-49)15-17-32)33-20-18-31(19-21-33)34-10-7-9-30(23-34)24-46-41(50)37-25-45-35-11-5-6-12-36(35)47-37/h5-7,9-12,14-21,23,25,28,38-40,43,49H,8,13,22,24,26-27H2,1-4H3,(H,46,50). The molecule has 2 saturated heterocycles. The molecule has 0 spiro atoms. The fourth-order valence-corrected chi connectivity index (χ4v) is 7.27. The zero-order valence-electron chi connectivity index (χ0n) is 31.3. The summed E-state index contributed by atoms with van der Waals surface area (Å²) >= 11 is 0. The van der Waals surface area contributed by atoms with Crippen molar-refractivity contribution in [2.75, 3.05) is 13.1 Å². The fourth-order valence-electron chi connectivity index (χ4n) is 7.27. The number of benzene rings is 4. The number of para-hydroxylation sites is 2. The van der Waals surface area contributed by atoms with E-state index in [2.05, 4.69) is 45.3 Å². The third-order valence-corrected chi connectivity index (χ3v) is 10.2. The predicted molar refractivity (Wildman–Crippen MR) is 206 cm³/mol. The van der Waals surface area contributed by atoms with Gasteiger partial charge in [-0.3, -0.25) is 19.5 Å². The highest BCUT2D eigenvalue weighted by atomic mass is 16.7. The number of aromatic nitrogens is 2. The lowest BCUT2D eigenvalue weighted by molar-refractivity contribution is -0.276. The lowest BCUT2D eigenvalue weighted by Gasteiger charge is -2.43. The van der Waals surface area contributed by atoms with Gasteiger partial charge in [0, 0.05) is 24.6 Å². The number of hydrogen-bond donors (Lipinski definition) is 2. The van der Waals surface area contributed by atoms with Gasteiger partial charge >= 0.3 is 5.97 Å². The molecule has 1 aromatic heterocycles. The van der Waals surface area contributed by atoms with E-state index in [0.29, 0.717) is 18.6 Å². The number of nitrogens with one attached hydrogen (secondary N) is 1. The SMILES string of the molecule is CC1C(CN2CCCC2C(=O)OC(C)(C)C)OC(c2ccc(-c3cccc(CNC(=O)c4cnc5ccccc5n4)c3)cc2)OC1c1ccc(CO)cc1. The number of esters is 1. The lowest BCUT2D eigenvalue weighted by atomic mass is 9.89. The Balaban J connectivity index is 1.06. The largest absolute Gasteiger partial charge is 0.459 e. The molecule has 54 heavy (non-hydrogen) atoms. The van der Waals surface area contributed by atoms with Crippen LogP contribution in [0.25, 0.3) is 22.2 Å². The van der Waals surface area contributed by atoms with Crippen molar-refractivity contribution in [1.29, 1.82) is 0 Å². The van der Waals surface area contributed by atoms with Gasteiger partial charge in [0.2, 0.25) is 0 Å². The van der Waals surface area contributed by atoms with E-state index in [0.717, 1.165) is 58.3 Å². The molecular formula is C44H48N4O6. The van der Waals surface area contributed by atoms with Crippen LogP contribution in [-0.2, 0) is 32.2 Å². The molecule has 10 nitrogen and oxygen atoms in total. The van der Waals surface area contributed by atoms with Crippen LogP contribution in [0.3, 0.4) is 0 Å². The second-order valence-corrected chi connectivity index (χ2v) is 15.3. The Kier molecular flexibility index (Phi) is 11.2. The van der Waals surface area contributed by atoms with Crippen LogP contribution in [0.15, 0.2) is 103 Å². The van der Waals surface area contributed by atoms with E-state index in [-0.39, 0.29) is 48.3 Å². The summed E-state index contributed by atoms with van der Waals surface area (Å²) in [6, 6.07) is 31.3. The zero-order chi connectivity index (χ0) is 37.8. The van der Waals surface area contributed by atoms with Gasteiger partial charge in [0.25, 0.3) is 5.91 Å². The van der Waals surface area contributed by atoms with Gasteiger partial charge in [-0.2, -0.15) is 0 Å². The number of rotatable bonds is 10. The fraction of sp³-hybridized carbons (Fsp3) is 0.364. The number of nitrogens with zero attached hydrogens (tertiary/aromatic N) is 3. The summed E-state index contributed by atoms with van der Waals surface area (Å²) in [5.41, 5.74) is 6.86. The molecule has 2 aliphatic heterocycles. The summed E-state index contributed by atoms with van der Waals surface area (Å²) in [7, 11) is 0. The van der Waals surface area contributed by atoms with Crippen LogP contribution in [0.1, 0.15) is 85.7 Å². The molecular weight excluding hydrogens is 681 g/mol. The zero-order valence-corrected chi connectivity index (χ0v) is 31.3. The molecule has 2 aliphatic rings. The van der Waals surface area contributed by atoms with Crippen molar-refractivity contribution in [2.45, 2.75) is 83.8 Å². The second-order valence-electron chi connectivity index (χ2n) is 15.3. The van der Waals surface area contributed by atoms with E-state index < -0.39 is 11.9 Å². The highest BCUT2D eigenvalue weighted by Gasteiger charge is 2.42. The minimum Gasteiger partial charge on any atom is -0.459 e. The number of likely N-dealkylation sites (tertiary alicyclic amines) is 1. The predicted octanol–water partition coefficient (Wildman–Crippen LogP) is 7.32. The molecule has 1 amide bonds. The second kappa shape index (κ2) is 16.2. The highest BCUT2D eigenvalue weighted by molar-refractivity contribution is 5.93. The average Bonchev–Trinajstić information content (AvgIpc) is 3.65. The van der Waals surface area contributed by atoms with Crippen LogP contribution < -0.4 is 5.32 Å². The molecule has 5 atom stereocenters. The van der Waals surface area contributed by atoms with Gasteiger partial charge in [0.15, 0.2) is 6.29 Å². The maximum absolute atomic E-state index is 13.2. The number of carbonyl (C=O) groups is 2. The number of carbonyl (C=O) groups excluding carboxylic acids is 2. The molecule has 0 bridgehead atoms. The summed E-state index contributed by atoms with van der Waals surface area (Å²) in [5.74, 6) is -0.485. The van der Waals surface area contributed by atoms with Crippen LogP contribution in [0.4, 0.5) is 0 Å². The van der Waals surface area contributed by atoms with Crippen molar-refractivity contribution in [1.82, 2.24) is 20.2 Å². The number of hydrogen-bond acceptors (Lipinski definition) is 9. The number of aliphatic hydroxyl groups excluding tert-OH is 1. The van der Waals surface area contributed by atoms with E-state index >= 15 is 0 Å². The minimum atomic E-state index is -0.634. The van der Waals surface area contributed by atoms with E-state index in [1.165, 1.54) is 6.20 Å². The third kappa shape index (κ3) is 8.69. The van der Waals surface area contributed by atoms with Crippen molar-refractivity contribution in [3.63, 3.8) is 0 Å². The first kappa shape index (κ1) is 37.3. The summed E-state index contributed by atoms with van der Waals surface area (Å²) in [6.07, 6.45) is 2.06. The molecule has 0 saturated carbocycles. The monoisotopic (exact) mass is 728 g/mol. The van der Waals surface area contributed by atoms with Crippen molar-refractivity contribution in [2.24, 2.45) is 5.92 Å². The van der Waals surface area contributed by atoms with E-state index in [4.69, 9.17) is 14.2 Å². The normalized spacial score (nSPS) is 21.9. The summed E-state index contributed by atoms with van der Waals surface area (Å²) < 4.78 is 19.3. The first-order chi connectivity index (χ1) is 26.0. The molecule has 0 radical (unpaired) electrons. The Morgan fingerprint density at radius 3 is 2.37 bits per heavy atom. The molecule has 10 heteroatoms. The first-order valence-corrected chi connectivity index (χ1v) is 18.7. The molecule has 3 heterocycles. The molecule has 280 valence electrons. The summed E-state index contributed by atoms with van der Waals surface area (Å²) in [6.45, 7) is 9.52. The number of fused-ring (bicyclic) bond motifs is 1. The van der Waals surface area contributed by atoms with Crippen molar-refractivity contribution in [3.8, 4) is 11.1 Å². The molecule has 4 aromatic carbocycles. The quantitative estimate of drug-likeness (QED) is 0.143. The van der Waals surface area contributed by atoms with Gasteiger partial charge in [0.05, 0.1) is 36.0 Å². The Labute approximate surface area is 316 Å². The number of amides is 1. The third-order valence-electron chi connectivity index (χ3n) is 10.2. The van der Waals surface area contributed by atoms with Crippen LogP contribution >= 0.6 is 0 Å². The van der Waals surface area contributed by atoms with Gasteiger partial charge < -0.3 is 24.6 Å². The molecule has 7 rings (SSSR count). The molecule has 0 aliphatic carbocycles. The van der Waals surface area contributed by atoms with Crippen molar-refractivity contribution in [3.05, 3.63) is 131 Å². The smallest absolute Gasteiger partial charge is 0.323 e. The molecule has 5 unspecified atom stereocenters. The van der Waals surface area contributed by atoms with Crippen LogP contribution in [0, 0.1) is 5.92 Å². The topological polar surface area (TPSA) is 123 Å². The van der Waals surface area contributed by atoms with E-state index in [9.17, 15) is 14.7 Å². The Hall–Kier alpha value is -5.00. The highest BCUT2D eigenvalue weighted by Crippen LogP contribution is 2.42. The van der Waals surface area contributed by atoms with Gasteiger partial charge in [-0.1, -0.05) is 85.8 Å². The van der Waals surface area contributed by atoms with Gasteiger partial charge in [-0.25, -0.2) is 4.98 Å². The van der Waals surface area contributed by atoms with Crippen LogP contribution in [-0.4, -0.2) is 62.7 Å². The van der Waals surface area contributed by atoms with Crippen LogP contribution in [0.2, 0.25) is 0 Å². The maximum Gasteiger partial charge on any atom is 0.323 e. The minimum absolute atomic E-state index is 0.0168. The van der Waals surface area contributed by atoms with Crippen molar-refractivity contribution < 1.29 is 28.9 Å². The van der Waals surface area contributed by atoms with Crippen LogP contribution in [0.5, 0.6) is 0 Å².